The summed E-state index contributed by atoms with van der Waals surface area (Å²) in [5, 5.41) is 7.99. The van der Waals surface area contributed by atoms with Gasteiger partial charge >= 0.3 is 0 Å². The molecule has 0 saturated carbocycles. The number of nitrogens with zero attached hydrogens (tertiary/aromatic N) is 1. The highest BCUT2D eigenvalue weighted by molar-refractivity contribution is 7.89. The van der Waals surface area contributed by atoms with E-state index >= 15 is 0 Å². The number of aromatic nitrogens is 1. The minimum atomic E-state index is -3.91. The molecule has 1 amide bonds. The lowest BCUT2D eigenvalue weighted by atomic mass is 10.1. The summed E-state index contributed by atoms with van der Waals surface area (Å²) in [6.45, 7) is 3.64. The Hall–Kier alpha value is -3.75. The minimum absolute atomic E-state index is 0.0426. The summed E-state index contributed by atoms with van der Waals surface area (Å²) in [7, 11) is -3.91. The summed E-state index contributed by atoms with van der Waals surface area (Å²) < 4.78 is 29.5. The van der Waals surface area contributed by atoms with Crippen molar-refractivity contribution in [1.29, 1.82) is 0 Å². The number of benzene rings is 3. The van der Waals surface area contributed by atoms with E-state index in [1.807, 2.05) is 31.2 Å². The van der Waals surface area contributed by atoms with Crippen LogP contribution in [-0.2, 0) is 10.0 Å². The summed E-state index contributed by atoms with van der Waals surface area (Å²) in [5.74, 6) is 0.465. The van der Waals surface area contributed by atoms with Gasteiger partial charge in [-0.1, -0.05) is 48.0 Å². The van der Waals surface area contributed by atoms with E-state index in [1.165, 1.54) is 6.07 Å². The van der Waals surface area contributed by atoms with Gasteiger partial charge in [-0.15, -0.1) is 0 Å². The first-order valence-electron chi connectivity index (χ1n) is 9.79. The van der Waals surface area contributed by atoms with E-state index in [-0.39, 0.29) is 4.90 Å². The Kier molecular flexibility index (Phi) is 5.65. The van der Waals surface area contributed by atoms with Crippen molar-refractivity contribution in [1.82, 2.24) is 4.98 Å². The highest BCUT2D eigenvalue weighted by Crippen LogP contribution is 2.29. The summed E-state index contributed by atoms with van der Waals surface area (Å²) in [4.78, 5) is 17.3. The van der Waals surface area contributed by atoms with Crippen LogP contribution in [0.4, 0.5) is 5.69 Å². The number of amides is 1. The van der Waals surface area contributed by atoms with Crippen molar-refractivity contribution in [2.24, 2.45) is 5.14 Å². The van der Waals surface area contributed by atoms with Crippen LogP contribution in [0.5, 0.6) is 0 Å². The van der Waals surface area contributed by atoms with Crippen LogP contribution < -0.4 is 10.5 Å². The number of carbonyl (C=O) groups excluding carboxylic acids is 1. The second-order valence-electron chi connectivity index (χ2n) is 7.42. The third-order valence-corrected chi connectivity index (χ3v) is 6.05. The molecular weight excluding hydrogens is 426 g/mol. The maximum absolute atomic E-state index is 13.0. The quantitative estimate of drug-likeness (QED) is 0.466. The van der Waals surface area contributed by atoms with E-state index in [0.717, 1.165) is 11.1 Å². The molecule has 8 heteroatoms. The molecule has 4 aromatic rings. The topological polar surface area (TPSA) is 115 Å². The fourth-order valence-corrected chi connectivity index (χ4v) is 4.11. The van der Waals surface area contributed by atoms with Gasteiger partial charge in [-0.3, -0.25) is 4.79 Å². The lowest BCUT2D eigenvalue weighted by molar-refractivity contribution is 0.102. The number of primary sulfonamides is 1. The second-order valence-corrected chi connectivity index (χ2v) is 8.95. The van der Waals surface area contributed by atoms with Crippen LogP contribution in [0, 0.1) is 13.8 Å². The first-order valence-corrected chi connectivity index (χ1v) is 11.3. The summed E-state index contributed by atoms with van der Waals surface area (Å²) in [6, 6.07) is 19.3. The number of hydrogen-bond acceptors (Lipinski definition) is 5. The summed E-state index contributed by atoms with van der Waals surface area (Å²) in [6.07, 6.45) is 1.62. The number of nitrogens with one attached hydrogen (secondary N) is 1. The molecule has 0 spiro atoms. The van der Waals surface area contributed by atoms with E-state index in [9.17, 15) is 13.2 Å². The van der Waals surface area contributed by atoms with Gasteiger partial charge in [0.15, 0.2) is 5.76 Å². The Labute approximate surface area is 186 Å². The Balaban J connectivity index is 1.65. The predicted octanol–water partition coefficient (Wildman–Crippen LogP) is 4.53. The Morgan fingerprint density at radius 2 is 1.72 bits per heavy atom. The zero-order valence-corrected chi connectivity index (χ0v) is 18.3. The van der Waals surface area contributed by atoms with Crippen LogP contribution in [0.3, 0.4) is 0 Å². The number of sulfonamides is 1. The van der Waals surface area contributed by atoms with E-state index < -0.39 is 15.9 Å². The largest absolute Gasteiger partial charge is 0.436 e. The van der Waals surface area contributed by atoms with Crippen molar-refractivity contribution in [2.75, 3.05) is 5.32 Å². The molecular formula is C24H21N3O4S. The van der Waals surface area contributed by atoms with Gasteiger partial charge in [0.05, 0.1) is 16.7 Å². The monoisotopic (exact) mass is 447 g/mol. The summed E-state index contributed by atoms with van der Waals surface area (Å²) in [5.41, 5.74) is 3.68. The molecule has 0 bridgehead atoms. The second kappa shape index (κ2) is 8.41. The molecule has 0 aliphatic rings. The minimum Gasteiger partial charge on any atom is -0.436 e. The molecule has 0 atom stereocenters. The highest BCUT2D eigenvalue weighted by Gasteiger charge is 2.18. The number of aryl methyl sites for hydroxylation is 2. The number of rotatable bonds is 5. The maximum atomic E-state index is 13.0. The fourth-order valence-electron chi connectivity index (χ4n) is 3.30. The van der Waals surface area contributed by atoms with Crippen molar-refractivity contribution in [3.8, 4) is 22.8 Å². The maximum Gasteiger partial charge on any atom is 0.256 e. The van der Waals surface area contributed by atoms with Crippen LogP contribution in [-0.4, -0.2) is 19.3 Å². The number of nitrogens with two attached hydrogens (primary N) is 1. The zero-order chi connectivity index (χ0) is 22.9. The van der Waals surface area contributed by atoms with E-state index in [4.69, 9.17) is 9.56 Å². The molecule has 162 valence electrons. The van der Waals surface area contributed by atoms with Crippen LogP contribution in [0.15, 0.2) is 82.2 Å². The molecule has 0 radical (unpaired) electrons. The Bertz CT molecular complexity index is 1410. The molecule has 1 aromatic heterocycles. The lowest BCUT2D eigenvalue weighted by Gasteiger charge is -2.10. The number of oxazole rings is 1. The molecule has 32 heavy (non-hydrogen) atoms. The van der Waals surface area contributed by atoms with Crippen molar-refractivity contribution in [3.05, 3.63) is 89.6 Å². The third kappa shape index (κ3) is 4.46. The van der Waals surface area contributed by atoms with E-state index in [2.05, 4.69) is 10.3 Å². The zero-order valence-electron chi connectivity index (χ0n) is 17.5. The molecule has 0 fully saturated rings. The normalized spacial score (nSPS) is 11.3. The van der Waals surface area contributed by atoms with Gasteiger partial charge in [0.1, 0.15) is 0 Å². The van der Waals surface area contributed by atoms with Gasteiger partial charge in [-0.05, 0) is 43.7 Å². The molecule has 3 N–H and O–H groups in total. The van der Waals surface area contributed by atoms with Crippen molar-refractivity contribution < 1.29 is 17.6 Å². The van der Waals surface area contributed by atoms with Crippen molar-refractivity contribution in [3.63, 3.8) is 0 Å². The fraction of sp³-hybridized carbons (Fsp3) is 0.0833. The highest BCUT2D eigenvalue weighted by atomic mass is 32.2. The molecule has 7 nitrogen and oxygen atoms in total. The van der Waals surface area contributed by atoms with Gasteiger partial charge in [0.2, 0.25) is 15.9 Å². The lowest BCUT2D eigenvalue weighted by Crippen LogP contribution is -2.16. The van der Waals surface area contributed by atoms with Gasteiger partial charge in [-0.25, -0.2) is 18.5 Å². The van der Waals surface area contributed by atoms with Gasteiger partial charge < -0.3 is 9.73 Å². The Morgan fingerprint density at radius 3 is 2.44 bits per heavy atom. The number of hydrogen-bond donors (Lipinski definition) is 2. The molecule has 0 saturated heterocycles. The summed E-state index contributed by atoms with van der Waals surface area (Å²) >= 11 is 0. The van der Waals surface area contributed by atoms with Gasteiger partial charge in [0, 0.05) is 16.8 Å². The third-order valence-electron chi connectivity index (χ3n) is 5.00. The van der Waals surface area contributed by atoms with E-state index in [0.29, 0.717) is 34.0 Å². The molecule has 4 rings (SSSR count). The molecule has 0 aliphatic carbocycles. The Morgan fingerprint density at radius 1 is 1.00 bits per heavy atom. The first-order chi connectivity index (χ1) is 15.2. The van der Waals surface area contributed by atoms with Gasteiger partial charge in [0.25, 0.3) is 5.91 Å². The van der Waals surface area contributed by atoms with Gasteiger partial charge in [-0.2, -0.15) is 0 Å². The standard InChI is InChI=1S/C24H21N3O4S/c1-15-7-10-17(11-8-15)21-14-26-24(31-21)20-6-4-3-5-19(20)23(28)27-18-12-9-16(2)22(13-18)32(25,29)30/h3-14H,1-2H3,(H,27,28)(H2,25,29,30). The smallest absolute Gasteiger partial charge is 0.256 e. The van der Waals surface area contributed by atoms with Crippen LogP contribution in [0.1, 0.15) is 21.5 Å². The predicted molar refractivity (Wildman–Crippen MR) is 123 cm³/mol. The van der Waals surface area contributed by atoms with Crippen LogP contribution in [0.2, 0.25) is 0 Å². The van der Waals surface area contributed by atoms with Crippen LogP contribution >= 0.6 is 0 Å². The average molecular weight is 448 g/mol. The SMILES string of the molecule is Cc1ccc(-c2cnc(-c3ccccc3C(=O)Nc3ccc(C)c(S(N)(=O)=O)c3)o2)cc1. The number of anilines is 1. The molecule has 3 aromatic carbocycles. The molecule has 1 heterocycles. The van der Waals surface area contributed by atoms with E-state index in [1.54, 1.807) is 49.5 Å². The van der Waals surface area contributed by atoms with Crippen molar-refractivity contribution >= 4 is 21.6 Å². The number of carbonyl (C=O) groups is 1. The average Bonchev–Trinajstić information content (AvgIpc) is 3.25. The first kappa shape index (κ1) is 21.5. The molecule has 0 aliphatic heterocycles. The van der Waals surface area contributed by atoms with Crippen molar-refractivity contribution in [2.45, 2.75) is 18.7 Å². The molecule has 0 unspecified atom stereocenters. The van der Waals surface area contributed by atoms with Crippen LogP contribution in [0.25, 0.3) is 22.8 Å².